The fraction of sp³-hybridized carbons (Fsp3) is 1.00. The molecule has 0 unspecified atom stereocenters. The van der Waals surface area contributed by atoms with Gasteiger partial charge in [0.1, 0.15) is 0 Å². The van der Waals surface area contributed by atoms with Crippen molar-refractivity contribution in [3.8, 4) is 0 Å². The minimum Gasteiger partial charge on any atom is -0.439 e. The molecule has 0 amide bonds. The highest BCUT2D eigenvalue weighted by Crippen LogP contribution is 2.10. The van der Waals surface area contributed by atoms with Gasteiger partial charge in [0.15, 0.2) is 9.04 Å². The Labute approximate surface area is 92.0 Å². The Balaban J connectivity index is 3.45. The first-order valence-corrected chi connectivity index (χ1v) is 11.4. The lowest BCUT2D eigenvalue weighted by Gasteiger charge is -2.25. The fourth-order valence-electron chi connectivity index (χ4n) is 1.45. The summed E-state index contributed by atoms with van der Waals surface area (Å²) in [4.78, 5) is 0. The molecule has 0 saturated heterocycles. The second kappa shape index (κ2) is 7.62. The average Bonchev–Trinajstić information content (AvgIpc) is 2.01. The zero-order valence-corrected chi connectivity index (χ0v) is 12.6. The van der Waals surface area contributed by atoms with Gasteiger partial charge in [-0.25, -0.2) is 0 Å². The lowest BCUT2D eigenvalue weighted by molar-refractivity contribution is 0.242. The molecule has 0 aromatic carbocycles. The van der Waals surface area contributed by atoms with E-state index in [1.54, 1.807) is 0 Å². The number of hydrogen-bond donors (Lipinski definition) is 0. The predicted molar refractivity (Wildman–Crippen MR) is 67.5 cm³/mol. The molecule has 0 heterocycles. The molecule has 0 fully saturated rings. The molecule has 86 valence electrons. The van der Waals surface area contributed by atoms with Crippen LogP contribution in [0.3, 0.4) is 0 Å². The number of hydrogen-bond acceptors (Lipinski definition) is 2. The lowest BCUT2D eigenvalue weighted by atomic mass is 10.2. The van der Waals surface area contributed by atoms with E-state index in [1.807, 2.05) is 0 Å². The first-order chi connectivity index (χ1) is 6.48. The van der Waals surface area contributed by atoms with Gasteiger partial charge in [-0.2, -0.15) is 0 Å². The SMILES string of the molecule is CCCCCCO[Si](C)(C)O[SiH](C)C. The van der Waals surface area contributed by atoms with Crippen LogP contribution in [0.1, 0.15) is 32.6 Å². The van der Waals surface area contributed by atoms with Gasteiger partial charge in [0.2, 0.25) is 0 Å². The highest BCUT2D eigenvalue weighted by atomic mass is 28.4. The molecule has 0 aliphatic heterocycles. The molecule has 0 aliphatic rings. The molecule has 0 rings (SSSR count). The Bertz CT molecular complexity index is 138. The standard InChI is InChI=1S/C10H26O2Si2/c1-6-7-8-9-10-11-14(4,5)12-13(2)3/h13H,6-10H2,1-5H3. The van der Waals surface area contributed by atoms with E-state index in [2.05, 4.69) is 33.1 Å². The van der Waals surface area contributed by atoms with Crippen molar-refractivity contribution < 1.29 is 8.54 Å². The second-order valence-corrected chi connectivity index (χ2v) is 10.6. The molecule has 0 aromatic rings. The summed E-state index contributed by atoms with van der Waals surface area (Å²) in [5.74, 6) is 0. The Morgan fingerprint density at radius 2 is 1.71 bits per heavy atom. The second-order valence-electron chi connectivity index (χ2n) is 4.48. The van der Waals surface area contributed by atoms with Crippen LogP contribution in [0.4, 0.5) is 0 Å². The summed E-state index contributed by atoms with van der Waals surface area (Å²) in [6, 6.07) is 0. The highest BCUT2D eigenvalue weighted by Gasteiger charge is 2.25. The van der Waals surface area contributed by atoms with Crippen LogP contribution in [-0.4, -0.2) is 24.2 Å². The van der Waals surface area contributed by atoms with Crippen LogP contribution in [0, 0.1) is 0 Å². The van der Waals surface area contributed by atoms with Crippen molar-refractivity contribution in [3.63, 3.8) is 0 Å². The van der Waals surface area contributed by atoms with Gasteiger partial charge in [-0.3, -0.25) is 0 Å². The molecular formula is C10H26O2Si2. The van der Waals surface area contributed by atoms with Crippen molar-refractivity contribution in [2.75, 3.05) is 6.61 Å². The third-order valence-corrected chi connectivity index (χ3v) is 7.02. The van der Waals surface area contributed by atoms with E-state index in [1.165, 1.54) is 25.7 Å². The molecule has 0 radical (unpaired) electrons. The minimum absolute atomic E-state index is 0.889. The Morgan fingerprint density at radius 3 is 2.21 bits per heavy atom. The minimum atomic E-state index is -1.76. The molecule has 0 bridgehead atoms. The summed E-state index contributed by atoms with van der Waals surface area (Å²) >= 11 is 0. The summed E-state index contributed by atoms with van der Waals surface area (Å²) in [5, 5.41) is 0. The van der Waals surface area contributed by atoms with Crippen molar-refractivity contribution in [3.05, 3.63) is 0 Å². The van der Waals surface area contributed by atoms with Gasteiger partial charge in [0.05, 0.1) is 0 Å². The van der Waals surface area contributed by atoms with Crippen molar-refractivity contribution >= 4 is 17.6 Å². The predicted octanol–water partition coefficient (Wildman–Crippen LogP) is 3.29. The molecule has 0 aliphatic carbocycles. The molecule has 0 saturated carbocycles. The topological polar surface area (TPSA) is 18.5 Å². The van der Waals surface area contributed by atoms with Gasteiger partial charge in [-0.15, -0.1) is 0 Å². The summed E-state index contributed by atoms with van der Waals surface area (Å²) in [6.45, 7) is 11.8. The molecule has 0 aromatic heterocycles. The van der Waals surface area contributed by atoms with Crippen LogP contribution < -0.4 is 0 Å². The summed E-state index contributed by atoms with van der Waals surface area (Å²) in [7, 11) is -2.69. The third kappa shape index (κ3) is 8.93. The van der Waals surface area contributed by atoms with Crippen molar-refractivity contribution in [1.29, 1.82) is 0 Å². The largest absolute Gasteiger partial charge is 0.439 e. The van der Waals surface area contributed by atoms with Crippen LogP contribution >= 0.6 is 0 Å². The molecule has 0 atom stereocenters. The van der Waals surface area contributed by atoms with Crippen molar-refractivity contribution in [2.24, 2.45) is 0 Å². The first-order valence-electron chi connectivity index (χ1n) is 5.79. The van der Waals surface area contributed by atoms with E-state index in [4.69, 9.17) is 8.54 Å². The van der Waals surface area contributed by atoms with Crippen LogP contribution in [-0.2, 0) is 8.54 Å². The van der Waals surface area contributed by atoms with Gasteiger partial charge >= 0.3 is 8.56 Å². The smallest absolute Gasteiger partial charge is 0.321 e. The maximum atomic E-state index is 5.90. The molecular weight excluding hydrogens is 208 g/mol. The van der Waals surface area contributed by atoms with Crippen LogP contribution in [0.15, 0.2) is 0 Å². The molecule has 14 heavy (non-hydrogen) atoms. The first kappa shape index (κ1) is 14.4. The van der Waals surface area contributed by atoms with Crippen LogP contribution in [0.25, 0.3) is 0 Å². The van der Waals surface area contributed by atoms with E-state index < -0.39 is 17.6 Å². The fourth-order valence-corrected chi connectivity index (χ4v) is 6.90. The normalized spacial score (nSPS) is 12.4. The summed E-state index contributed by atoms with van der Waals surface area (Å²) < 4.78 is 11.7. The Morgan fingerprint density at radius 1 is 1.07 bits per heavy atom. The molecule has 4 heteroatoms. The number of unbranched alkanes of at least 4 members (excludes halogenated alkanes) is 3. The summed E-state index contributed by atoms with van der Waals surface area (Å²) in [6.07, 6.45) is 5.09. The van der Waals surface area contributed by atoms with Crippen molar-refractivity contribution in [1.82, 2.24) is 0 Å². The average molecular weight is 234 g/mol. The third-order valence-electron chi connectivity index (χ3n) is 1.97. The van der Waals surface area contributed by atoms with Gasteiger partial charge in [0.25, 0.3) is 0 Å². The van der Waals surface area contributed by atoms with Gasteiger partial charge in [0, 0.05) is 6.61 Å². The molecule has 2 nitrogen and oxygen atoms in total. The van der Waals surface area contributed by atoms with E-state index in [9.17, 15) is 0 Å². The quantitative estimate of drug-likeness (QED) is 0.474. The van der Waals surface area contributed by atoms with Crippen LogP contribution in [0.5, 0.6) is 0 Å². The van der Waals surface area contributed by atoms with E-state index in [0.29, 0.717) is 0 Å². The Kier molecular flexibility index (Phi) is 7.81. The van der Waals surface area contributed by atoms with E-state index >= 15 is 0 Å². The summed E-state index contributed by atoms with van der Waals surface area (Å²) in [5.41, 5.74) is 0. The molecule has 0 spiro atoms. The van der Waals surface area contributed by atoms with Gasteiger partial charge in [-0.1, -0.05) is 26.2 Å². The monoisotopic (exact) mass is 234 g/mol. The highest BCUT2D eigenvalue weighted by molar-refractivity contribution is 6.72. The maximum Gasteiger partial charge on any atom is 0.321 e. The number of rotatable bonds is 8. The lowest BCUT2D eigenvalue weighted by Crippen LogP contribution is -2.39. The van der Waals surface area contributed by atoms with E-state index in [-0.39, 0.29) is 0 Å². The van der Waals surface area contributed by atoms with Gasteiger partial charge in [-0.05, 0) is 32.6 Å². The van der Waals surface area contributed by atoms with Gasteiger partial charge < -0.3 is 8.54 Å². The Hall–Kier alpha value is 0.354. The van der Waals surface area contributed by atoms with E-state index in [0.717, 1.165) is 6.61 Å². The zero-order chi connectivity index (χ0) is 11.0. The maximum absolute atomic E-state index is 5.90. The van der Waals surface area contributed by atoms with Crippen LogP contribution in [0.2, 0.25) is 26.2 Å². The zero-order valence-electron chi connectivity index (χ0n) is 10.4. The van der Waals surface area contributed by atoms with Crippen molar-refractivity contribution in [2.45, 2.75) is 58.8 Å². The molecule has 0 N–H and O–H groups in total.